The minimum Gasteiger partial charge on any atom is -0.490 e. The highest BCUT2D eigenvalue weighted by Crippen LogP contribution is 3.02. The summed E-state index contributed by atoms with van der Waals surface area (Å²) >= 11 is 0. The van der Waals surface area contributed by atoms with Gasteiger partial charge in [0.15, 0.2) is 5.60 Å². The van der Waals surface area contributed by atoms with Crippen molar-refractivity contribution in [3.05, 3.63) is 53.6 Å². The van der Waals surface area contributed by atoms with Gasteiger partial charge in [-0.3, -0.25) is 4.79 Å². The summed E-state index contributed by atoms with van der Waals surface area (Å²) in [6, 6.07) is 4.87. The Morgan fingerprint density at radius 2 is 1.66 bits per heavy atom. The summed E-state index contributed by atoms with van der Waals surface area (Å²) in [5.74, 6) is -1.62. The SMILES string of the molecule is CC(O)(COc1ccc(S(F)(F)(F)(F)F)cc1)C(=O)Nc1ccc(C#N)c(C(F)(F)F)c1. The second-order valence-corrected chi connectivity index (χ2v) is 9.24. The lowest BCUT2D eigenvalue weighted by atomic mass is 10.1. The smallest absolute Gasteiger partial charge is 0.417 e. The van der Waals surface area contributed by atoms with Gasteiger partial charge in [0.1, 0.15) is 17.3 Å². The van der Waals surface area contributed by atoms with Crippen LogP contribution in [0.15, 0.2) is 47.4 Å². The van der Waals surface area contributed by atoms with Crippen molar-refractivity contribution in [1.29, 1.82) is 5.26 Å². The molecule has 0 aromatic heterocycles. The number of hydrogen-bond acceptors (Lipinski definition) is 4. The van der Waals surface area contributed by atoms with E-state index in [1.165, 1.54) is 6.07 Å². The Kier molecular flexibility index (Phi) is 5.70. The number of benzene rings is 2. The van der Waals surface area contributed by atoms with Gasteiger partial charge in [-0.1, -0.05) is 19.4 Å². The molecule has 0 radical (unpaired) electrons. The van der Waals surface area contributed by atoms with Gasteiger partial charge in [-0.15, -0.1) is 0 Å². The van der Waals surface area contributed by atoms with Crippen molar-refractivity contribution in [2.24, 2.45) is 0 Å². The Morgan fingerprint density at radius 1 is 1.09 bits per heavy atom. The van der Waals surface area contributed by atoms with E-state index in [1.807, 2.05) is 5.32 Å². The summed E-state index contributed by atoms with van der Waals surface area (Å²) in [5, 5.41) is 21.0. The Balaban J connectivity index is 2.12. The molecule has 0 bridgehead atoms. The maximum absolute atomic E-state index is 13.0. The van der Waals surface area contributed by atoms with Gasteiger partial charge in [-0.25, -0.2) is 0 Å². The van der Waals surface area contributed by atoms with Crippen LogP contribution in [-0.2, 0) is 11.0 Å². The average Bonchev–Trinajstić information content (AvgIpc) is 2.64. The Bertz CT molecular complexity index is 1080. The number of nitrogens with one attached hydrogen (secondary N) is 1. The van der Waals surface area contributed by atoms with Gasteiger partial charge in [0.05, 0.1) is 17.2 Å². The highest BCUT2D eigenvalue weighted by molar-refractivity contribution is 8.45. The standard InChI is InChI=1S/C18H14F8N2O3S/c1-17(30,10-31-13-4-6-14(7-5-13)32(22,23,24,25)26)16(29)28-12-3-2-11(9-27)15(8-12)18(19,20)21/h2-8,30H,10H2,1H3,(H,28,29). The molecule has 1 unspecified atom stereocenters. The quantitative estimate of drug-likeness (QED) is 0.487. The summed E-state index contributed by atoms with van der Waals surface area (Å²) in [7, 11) is -9.88. The average molecular weight is 490 g/mol. The van der Waals surface area contributed by atoms with Crippen molar-refractivity contribution in [2.45, 2.75) is 23.6 Å². The van der Waals surface area contributed by atoms with Crippen LogP contribution in [-0.4, -0.2) is 23.2 Å². The normalized spacial score (nSPS) is 16.2. The number of alkyl halides is 3. The van der Waals surface area contributed by atoms with Crippen LogP contribution in [0.5, 0.6) is 5.75 Å². The first kappa shape index (κ1) is 25.2. The molecule has 1 atom stereocenters. The number of nitriles is 1. The first-order chi connectivity index (χ1) is 14.2. The molecule has 0 aliphatic carbocycles. The Hall–Kier alpha value is -3.05. The third-order valence-electron chi connectivity index (χ3n) is 3.98. The first-order valence-electron chi connectivity index (χ1n) is 8.35. The number of carbonyl (C=O) groups is 1. The summed E-state index contributed by atoms with van der Waals surface area (Å²) in [4.78, 5) is 10.0. The van der Waals surface area contributed by atoms with Crippen LogP contribution in [0.1, 0.15) is 18.1 Å². The molecule has 2 rings (SSSR count). The summed E-state index contributed by atoms with van der Waals surface area (Å²) in [6.07, 6.45) is -4.89. The fourth-order valence-electron chi connectivity index (χ4n) is 2.30. The molecule has 32 heavy (non-hydrogen) atoms. The molecule has 0 spiro atoms. The second-order valence-electron chi connectivity index (χ2n) is 6.83. The van der Waals surface area contributed by atoms with E-state index in [9.17, 15) is 42.5 Å². The van der Waals surface area contributed by atoms with Crippen LogP contribution in [0, 0.1) is 11.3 Å². The summed E-state index contributed by atoms with van der Waals surface area (Å²) in [5.41, 5.74) is -4.80. The van der Waals surface area contributed by atoms with Crippen LogP contribution in [0.3, 0.4) is 0 Å². The van der Waals surface area contributed by atoms with Gasteiger partial charge in [-0.2, -0.15) is 18.4 Å². The predicted molar refractivity (Wildman–Crippen MR) is 98.7 cm³/mol. The fourth-order valence-corrected chi connectivity index (χ4v) is 2.95. The largest absolute Gasteiger partial charge is 0.490 e. The lowest BCUT2D eigenvalue weighted by Gasteiger charge is -2.40. The van der Waals surface area contributed by atoms with Crippen molar-refractivity contribution in [3.8, 4) is 11.8 Å². The topological polar surface area (TPSA) is 82.3 Å². The Morgan fingerprint density at radius 3 is 2.12 bits per heavy atom. The van der Waals surface area contributed by atoms with Crippen molar-refractivity contribution in [3.63, 3.8) is 0 Å². The van der Waals surface area contributed by atoms with E-state index in [4.69, 9.17) is 10.00 Å². The van der Waals surface area contributed by atoms with Crippen LogP contribution < -0.4 is 10.1 Å². The molecule has 0 saturated carbocycles. The maximum Gasteiger partial charge on any atom is 0.417 e. The van der Waals surface area contributed by atoms with E-state index in [1.54, 1.807) is 0 Å². The summed E-state index contributed by atoms with van der Waals surface area (Å²) in [6.45, 7) is 0.0245. The minimum absolute atomic E-state index is 0.0705. The van der Waals surface area contributed by atoms with E-state index in [-0.39, 0.29) is 17.9 Å². The van der Waals surface area contributed by atoms with Crippen molar-refractivity contribution >= 4 is 21.8 Å². The number of anilines is 1. The van der Waals surface area contributed by atoms with Gasteiger partial charge >= 0.3 is 16.4 Å². The molecule has 14 heteroatoms. The fraction of sp³-hybridized carbons (Fsp3) is 0.222. The zero-order valence-corrected chi connectivity index (χ0v) is 16.7. The number of aliphatic hydroxyl groups is 1. The number of rotatable bonds is 6. The molecule has 0 saturated heterocycles. The van der Waals surface area contributed by atoms with E-state index in [0.29, 0.717) is 18.2 Å². The summed E-state index contributed by atoms with van der Waals surface area (Å²) < 4.78 is 107. The van der Waals surface area contributed by atoms with Crippen LogP contribution in [0.4, 0.5) is 38.3 Å². The molecule has 0 aliphatic rings. The lowest BCUT2D eigenvalue weighted by molar-refractivity contribution is -0.138. The third kappa shape index (κ3) is 6.24. The third-order valence-corrected chi connectivity index (χ3v) is 5.14. The molecule has 1 amide bonds. The minimum atomic E-state index is -9.88. The maximum atomic E-state index is 13.0. The van der Waals surface area contributed by atoms with Gasteiger partial charge in [0.2, 0.25) is 0 Å². The molecule has 2 N–H and O–H groups in total. The monoisotopic (exact) mass is 490 g/mol. The molecule has 176 valence electrons. The van der Waals surface area contributed by atoms with Gasteiger partial charge in [0.25, 0.3) is 5.91 Å². The molecule has 0 fully saturated rings. The number of carbonyl (C=O) groups excluding carboxylic acids is 1. The molecular weight excluding hydrogens is 476 g/mol. The lowest BCUT2D eigenvalue weighted by Crippen LogP contribution is -2.45. The van der Waals surface area contributed by atoms with Crippen molar-refractivity contribution in [2.75, 3.05) is 11.9 Å². The highest BCUT2D eigenvalue weighted by Gasteiger charge is 2.65. The highest BCUT2D eigenvalue weighted by atomic mass is 32.5. The molecule has 2 aromatic carbocycles. The molecule has 5 nitrogen and oxygen atoms in total. The zero-order chi connectivity index (χ0) is 24.7. The van der Waals surface area contributed by atoms with Crippen LogP contribution in [0.2, 0.25) is 0 Å². The zero-order valence-electron chi connectivity index (χ0n) is 15.9. The molecule has 0 aliphatic heterocycles. The van der Waals surface area contributed by atoms with Crippen LogP contribution >= 0.6 is 10.2 Å². The van der Waals surface area contributed by atoms with Gasteiger partial charge < -0.3 is 15.2 Å². The van der Waals surface area contributed by atoms with E-state index < -0.39 is 56.2 Å². The van der Waals surface area contributed by atoms with Gasteiger partial charge in [0, 0.05) is 5.69 Å². The van der Waals surface area contributed by atoms with E-state index in [2.05, 4.69) is 0 Å². The number of nitrogens with zero attached hydrogens (tertiary/aromatic N) is 1. The van der Waals surface area contributed by atoms with Crippen molar-refractivity contribution in [1.82, 2.24) is 0 Å². The first-order valence-corrected chi connectivity index (χ1v) is 10.3. The second kappa shape index (κ2) is 7.24. The predicted octanol–water partition coefficient (Wildman–Crippen LogP) is 6.00. The molecular formula is C18H14F8N2O3S. The number of amides is 1. The van der Waals surface area contributed by atoms with E-state index >= 15 is 0 Å². The Labute approximate surface area is 175 Å². The van der Waals surface area contributed by atoms with Crippen molar-refractivity contribution < 1.29 is 47.2 Å². The van der Waals surface area contributed by atoms with E-state index in [0.717, 1.165) is 19.1 Å². The molecule has 2 aromatic rings. The van der Waals surface area contributed by atoms with Gasteiger partial charge in [-0.05, 0) is 49.4 Å². The molecule has 0 heterocycles. The number of ether oxygens (including phenoxy) is 1. The number of halogens is 8. The number of hydrogen-bond donors (Lipinski definition) is 2. The van der Waals surface area contributed by atoms with Crippen LogP contribution in [0.25, 0.3) is 0 Å².